The number of carbonyl (C=O) groups excluding carboxylic acids is 2. The summed E-state index contributed by atoms with van der Waals surface area (Å²) in [6.45, 7) is 4.83. The Labute approximate surface area is 391 Å². The minimum atomic E-state index is -0.860. The second-order valence-corrected chi connectivity index (χ2v) is 18.6. The standard InChI is InChI=1S/C57H105NO5/c1-3-5-7-9-11-13-15-17-18-19-20-22-26-29-33-37-41-45-49-55(60)54(53-59)58-56(61)50-46-42-38-34-30-27-23-21-24-28-32-36-40-44-48-52-63-57(62)51-47-43-39-35-31-25-16-14-12-10-8-6-4-2/h14,16,21,24,28,32,45,49,54-55,59-60H,3-13,15,17-20,22-23,25-27,29-31,33-44,46-48,50-53H2,1-2H3,(H,58,61)/b16-14-,24-21-,32-28-,49-45+. The van der Waals surface area contributed by atoms with Gasteiger partial charge >= 0.3 is 5.97 Å². The second-order valence-electron chi connectivity index (χ2n) is 18.6. The Kier molecular flexibility index (Phi) is 50.6. The predicted molar refractivity (Wildman–Crippen MR) is 273 cm³/mol. The predicted octanol–water partition coefficient (Wildman–Crippen LogP) is 16.6. The number of allylic oxidation sites excluding steroid dienone is 7. The first-order valence-electron chi connectivity index (χ1n) is 27.4. The lowest BCUT2D eigenvalue weighted by molar-refractivity contribution is -0.143. The molecule has 63 heavy (non-hydrogen) atoms. The third kappa shape index (κ3) is 49.1. The van der Waals surface area contributed by atoms with Crippen LogP contribution >= 0.6 is 0 Å². The molecule has 0 aromatic rings. The van der Waals surface area contributed by atoms with Gasteiger partial charge in [-0.15, -0.1) is 0 Å². The molecule has 0 aliphatic rings. The van der Waals surface area contributed by atoms with Gasteiger partial charge in [0.05, 0.1) is 25.4 Å². The summed E-state index contributed by atoms with van der Waals surface area (Å²) in [5, 5.41) is 23.1. The molecular formula is C57H105NO5. The van der Waals surface area contributed by atoms with Crippen molar-refractivity contribution in [2.24, 2.45) is 0 Å². The number of hydrogen-bond donors (Lipinski definition) is 3. The number of rotatable bonds is 50. The summed E-state index contributed by atoms with van der Waals surface area (Å²) in [5.41, 5.74) is 0. The van der Waals surface area contributed by atoms with E-state index < -0.39 is 12.1 Å². The average molecular weight is 884 g/mol. The van der Waals surface area contributed by atoms with Gasteiger partial charge in [0.25, 0.3) is 0 Å². The van der Waals surface area contributed by atoms with E-state index in [1.807, 2.05) is 6.08 Å². The third-order valence-corrected chi connectivity index (χ3v) is 12.3. The number of unbranched alkanes of at least 4 members (excludes halogenated alkanes) is 34. The maximum atomic E-state index is 12.4. The monoisotopic (exact) mass is 884 g/mol. The molecule has 6 heteroatoms. The van der Waals surface area contributed by atoms with Crippen molar-refractivity contribution < 1.29 is 24.5 Å². The molecule has 2 atom stereocenters. The van der Waals surface area contributed by atoms with E-state index in [1.165, 1.54) is 173 Å². The van der Waals surface area contributed by atoms with Crippen LogP contribution in [0.1, 0.15) is 277 Å². The average Bonchev–Trinajstić information content (AvgIpc) is 3.28. The fraction of sp³-hybridized carbons (Fsp3) is 0.825. The second kappa shape index (κ2) is 52.4. The van der Waals surface area contributed by atoms with Crippen LogP contribution in [0.2, 0.25) is 0 Å². The van der Waals surface area contributed by atoms with Crippen molar-refractivity contribution in [1.82, 2.24) is 5.32 Å². The van der Waals surface area contributed by atoms with E-state index in [-0.39, 0.29) is 18.5 Å². The molecule has 368 valence electrons. The summed E-state index contributed by atoms with van der Waals surface area (Å²) in [5.74, 6) is -0.123. The van der Waals surface area contributed by atoms with Gasteiger partial charge in [0.15, 0.2) is 0 Å². The first kappa shape index (κ1) is 60.8. The molecule has 0 bridgehead atoms. The van der Waals surface area contributed by atoms with Crippen molar-refractivity contribution in [1.29, 1.82) is 0 Å². The van der Waals surface area contributed by atoms with Gasteiger partial charge in [-0.25, -0.2) is 0 Å². The van der Waals surface area contributed by atoms with Crippen LogP contribution in [0.25, 0.3) is 0 Å². The van der Waals surface area contributed by atoms with E-state index in [2.05, 4.69) is 55.6 Å². The number of aliphatic hydroxyl groups is 2. The van der Waals surface area contributed by atoms with Gasteiger partial charge in [0.1, 0.15) is 0 Å². The topological polar surface area (TPSA) is 95.9 Å². The van der Waals surface area contributed by atoms with E-state index in [0.29, 0.717) is 19.4 Å². The van der Waals surface area contributed by atoms with Gasteiger partial charge in [-0.05, 0) is 89.9 Å². The highest BCUT2D eigenvalue weighted by Crippen LogP contribution is 2.15. The zero-order valence-corrected chi connectivity index (χ0v) is 41.8. The van der Waals surface area contributed by atoms with E-state index >= 15 is 0 Å². The number of amides is 1. The molecule has 0 aliphatic heterocycles. The van der Waals surface area contributed by atoms with Gasteiger partial charge in [-0.1, -0.05) is 223 Å². The maximum absolute atomic E-state index is 12.4. The Hall–Kier alpha value is -2.18. The zero-order chi connectivity index (χ0) is 45.8. The molecular weight excluding hydrogens is 779 g/mol. The van der Waals surface area contributed by atoms with Crippen LogP contribution < -0.4 is 5.32 Å². The Balaban J connectivity index is 3.57. The highest BCUT2D eigenvalue weighted by Gasteiger charge is 2.18. The van der Waals surface area contributed by atoms with Crippen LogP contribution in [0.5, 0.6) is 0 Å². The largest absolute Gasteiger partial charge is 0.466 e. The van der Waals surface area contributed by atoms with Crippen molar-refractivity contribution >= 4 is 11.9 Å². The smallest absolute Gasteiger partial charge is 0.305 e. The number of aliphatic hydroxyl groups excluding tert-OH is 2. The summed E-state index contributed by atoms with van der Waals surface area (Å²) in [6, 6.07) is -0.646. The van der Waals surface area contributed by atoms with Crippen LogP contribution in [0.3, 0.4) is 0 Å². The van der Waals surface area contributed by atoms with Gasteiger partial charge < -0.3 is 20.3 Å². The van der Waals surface area contributed by atoms with Crippen molar-refractivity contribution in [3.05, 3.63) is 48.6 Å². The summed E-state index contributed by atoms with van der Waals surface area (Å²) in [6.07, 6.45) is 65.5. The Morgan fingerprint density at radius 2 is 0.794 bits per heavy atom. The van der Waals surface area contributed by atoms with Crippen molar-refractivity contribution in [3.63, 3.8) is 0 Å². The van der Waals surface area contributed by atoms with E-state index in [4.69, 9.17) is 4.74 Å². The van der Waals surface area contributed by atoms with Crippen LogP contribution in [-0.2, 0) is 14.3 Å². The molecule has 0 aliphatic carbocycles. The van der Waals surface area contributed by atoms with Crippen LogP contribution in [0.15, 0.2) is 48.6 Å². The highest BCUT2D eigenvalue weighted by atomic mass is 16.5. The molecule has 0 heterocycles. The van der Waals surface area contributed by atoms with Gasteiger partial charge in [-0.2, -0.15) is 0 Å². The molecule has 3 N–H and O–H groups in total. The number of esters is 1. The molecule has 6 nitrogen and oxygen atoms in total. The maximum Gasteiger partial charge on any atom is 0.305 e. The first-order valence-corrected chi connectivity index (χ1v) is 27.4. The van der Waals surface area contributed by atoms with Gasteiger partial charge in [-0.3, -0.25) is 9.59 Å². The summed E-state index contributed by atoms with van der Waals surface area (Å²) < 4.78 is 5.43. The minimum absolute atomic E-state index is 0.0326. The van der Waals surface area contributed by atoms with Crippen LogP contribution in [0, 0.1) is 0 Å². The lowest BCUT2D eigenvalue weighted by Gasteiger charge is -2.20. The highest BCUT2D eigenvalue weighted by molar-refractivity contribution is 5.76. The zero-order valence-electron chi connectivity index (χ0n) is 41.8. The van der Waals surface area contributed by atoms with E-state index in [0.717, 1.165) is 77.0 Å². The summed E-state index contributed by atoms with van der Waals surface area (Å²) in [4.78, 5) is 24.4. The fourth-order valence-corrected chi connectivity index (χ4v) is 8.09. The molecule has 0 saturated heterocycles. The molecule has 0 spiro atoms. The van der Waals surface area contributed by atoms with Gasteiger partial charge in [0.2, 0.25) is 5.91 Å². The normalized spacial score (nSPS) is 13.0. The Morgan fingerprint density at radius 1 is 0.444 bits per heavy atom. The SMILES string of the molecule is CCCCCC/C=C\CCCCCCCC(=O)OCCCCC/C=C\C=C/CCCCCCCCC(=O)NC(CO)C(O)/C=C/CCCCCCCCCCCCCCCCCC. The lowest BCUT2D eigenvalue weighted by atomic mass is 10.0. The molecule has 0 aromatic heterocycles. The number of carbonyl (C=O) groups is 2. The molecule has 2 unspecified atom stereocenters. The summed E-state index contributed by atoms with van der Waals surface area (Å²) in [7, 11) is 0. The van der Waals surface area contributed by atoms with Crippen molar-refractivity contribution in [2.45, 2.75) is 289 Å². The number of nitrogens with one attached hydrogen (secondary N) is 1. The molecule has 1 amide bonds. The molecule has 0 aromatic carbocycles. The first-order chi connectivity index (χ1) is 31.0. The van der Waals surface area contributed by atoms with E-state index in [1.54, 1.807) is 6.08 Å². The van der Waals surface area contributed by atoms with Crippen LogP contribution in [0.4, 0.5) is 0 Å². The van der Waals surface area contributed by atoms with E-state index in [9.17, 15) is 19.8 Å². The minimum Gasteiger partial charge on any atom is -0.466 e. The number of ether oxygens (including phenoxy) is 1. The van der Waals surface area contributed by atoms with Crippen molar-refractivity contribution in [2.75, 3.05) is 13.2 Å². The molecule has 0 rings (SSSR count). The van der Waals surface area contributed by atoms with Gasteiger partial charge in [0, 0.05) is 12.8 Å². The number of hydrogen-bond acceptors (Lipinski definition) is 5. The molecule has 0 saturated carbocycles. The Bertz CT molecular complexity index is 1070. The fourth-order valence-electron chi connectivity index (χ4n) is 8.09. The quantitative estimate of drug-likeness (QED) is 0.0245. The molecule has 0 fully saturated rings. The Morgan fingerprint density at radius 3 is 1.24 bits per heavy atom. The van der Waals surface area contributed by atoms with Crippen molar-refractivity contribution in [3.8, 4) is 0 Å². The third-order valence-electron chi connectivity index (χ3n) is 12.3. The lowest BCUT2D eigenvalue weighted by Crippen LogP contribution is -2.45. The summed E-state index contributed by atoms with van der Waals surface area (Å²) >= 11 is 0. The molecule has 0 radical (unpaired) electrons. The van der Waals surface area contributed by atoms with Crippen LogP contribution in [-0.4, -0.2) is 47.4 Å².